The van der Waals surface area contributed by atoms with Crippen LogP contribution in [0.3, 0.4) is 0 Å². The zero-order valence-corrected chi connectivity index (χ0v) is 19.2. The topological polar surface area (TPSA) is 58.5 Å². The predicted octanol–water partition coefficient (Wildman–Crippen LogP) is 6.62. The molecule has 0 bridgehead atoms. The van der Waals surface area contributed by atoms with E-state index in [1.807, 2.05) is 86.6 Å². The van der Waals surface area contributed by atoms with Gasteiger partial charge >= 0.3 is 0 Å². The summed E-state index contributed by atoms with van der Waals surface area (Å²) >= 11 is 0. The number of aliphatic imine (C=N–C) groups is 1. The maximum atomic E-state index is 13.7. The lowest BCUT2D eigenvalue weighted by Gasteiger charge is -2.21. The number of hydrogen-bond acceptors (Lipinski definition) is 4. The number of nitrogens with zero attached hydrogens (tertiary/aromatic N) is 1. The minimum atomic E-state index is -0.973. The SMILES string of the molecule is Cc1ccc(N=C(C(=O)c2ccccc2)[C@H](Nc2ccc(C)cc2)C(=O)c2ccccc2)cc1. The third-order valence-electron chi connectivity index (χ3n) is 5.51. The summed E-state index contributed by atoms with van der Waals surface area (Å²) in [5, 5.41) is 3.29. The molecule has 0 radical (unpaired) electrons. The average molecular weight is 447 g/mol. The van der Waals surface area contributed by atoms with Crippen LogP contribution in [-0.2, 0) is 0 Å². The lowest BCUT2D eigenvalue weighted by Crippen LogP contribution is -2.42. The molecule has 0 aliphatic heterocycles. The van der Waals surface area contributed by atoms with E-state index in [2.05, 4.69) is 5.32 Å². The first kappa shape index (κ1) is 22.9. The van der Waals surface area contributed by atoms with Crippen molar-refractivity contribution >= 4 is 28.7 Å². The van der Waals surface area contributed by atoms with Crippen LogP contribution in [0.25, 0.3) is 0 Å². The van der Waals surface area contributed by atoms with Gasteiger partial charge in [0.1, 0.15) is 11.8 Å². The zero-order chi connectivity index (χ0) is 23.9. The van der Waals surface area contributed by atoms with Crippen molar-refractivity contribution in [1.29, 1.82) is 0 Å². The smallest absolute Gasteiger partial charge is 0.209 e. The van der Waals surface area contributed by atoms with Crippen LogP contribution in [0.2, 0.25) is 0 Å². The molecule has 0 fully saturated rings. The van der Waals surface area contributed by atoms with Crippen LogP contribution in [0.4, 0.5) is 11.4 Å². The Hall–Kier alpha value is -4.31. The Labute approximate surface area is 200 Å². The number of hydrogen-bond donors (Lipinski definition) is 1. The highest BCUT2D eigenvalue weighted by Gasteiger charge is 2.31. The molecule has 1 N–H and O–H groups in total. The number of benzene rings is 4. The zero-order valence-electron chi connectivity index (χ0n) is 19.2. The Morgan fingerprint density at radius 2 is 1.15 bits per heavy atom. The van der Waals surface area contributed by atoms with E-state index in [-0.39, 0.29) is 17.3 Å². The van der Waals surface area contributed by atoms with Gasteiger partial charge in [0.25, 0.3) is 0 Å². The summed E-state index contributed by atoms with van der Waals surface area (Å²) in [6.45, 7) is 3.99. The molecule has 4 aromatic carbocycles. The minimum absolute atomic E-state index is 0.143. The normalized spacial score (nSPS) is 12.1. The molecule has 0 heterocycles. The molecule has 0 aliphatic carbocycles. The average Bonchev–Trinajstić information content (AvgIpc) is 2.88. The quantitative estimate of drug-likeness (QED) is 0.244. The summed E-state index contributed by atoms with van der Waals surface area (Å²) in [7, 11) is 0. The number of Topliss-reactive ketones (excluding diaryl/α,β-unsaturated/α-hetero) is 2. The molecule has 0 saturated heterocycles. The molecule has 4 nitrogen and oxygen atoms in total. The van der Waals surface area contributed by atoms with Crippen molar-refractivity contribution in [2.24, 2.45) is 4.99 Å². The minimum Gasteiger partial charge on any atom is -0.370 e. The first-order valence-corrected chi connectivity index (χ1v) is 11.2. The van der Waals surface area contributed by atoms with Crippen molar-refractivity contribution in [1.82, 2.24) is 0 Å². The van der Waals surface area contributed by atoms with Gasteiger partial charge in [0, 0.05) is 16.8 Å². The van der Waals surface area contributed by atoms with E-state index in [4.69, 9.17) is 4.99 Å². The van der Waals surface area contributed by atoms with Crippen LogP contribution < -0.4 is 5.32 Å². The Balaban J connectivity index is 1.85. The molecule has 34 heavy (non-hydrogen) atoms. The van der Waals surface area contributed by atoms with Crippen LogP contribution in [0, 0.1) is 13.8 Å². The van der Waals surface area contributed by atoms with Crippen LogP contribution in [0.1, 0.15) is 31.8 Å². The van der Waals surface area contributed by atoms with Crippen LogP contribution in [-0.4, -0.2) is 23.3 Å². The highest BCUT2D eigenvalue weighted by molar-refractivity contribution is 6.52. The molecular formula is C30H26N2O2. The fourth-order valence-corrected chi connectivity index (χ4v) is 3.59. The fourth-order valence-electron chi connectivity index (χ4n) is 3.59. The van der Waals surface area contributed by atoms with Crippen molar-refractivity contribution in [2.45, 2.75) is 19.9 Å². The monoisotopic (exact) mass is 446 g/mol. The first-order valence-electron chi connectivity index (χ1n) is 11.2. The summed E-state index contributed by atoms with van der Waals surface area (Å²) in [6.07, 6.45) is 0. The van der Waals surface area contributed by atoms with Gasteiger partial charge in [0.15, 0.2) is 5.78 Å². The number of nitrogens with one attached hydrogen (secondary N) is 1. The van der Waals surface area contributed by atoms with E-state index in [1.54, 1.807) is 36.4 Å². The van der Waals surface area contributed by atoms with Crippen LogP contribution in [0.15, 0.2) is 114 Å². The molecule has 4 aromatic rings. The predicted molar refractivity (Wildman–Crippen MR) is 138 cm³/mol. The maximum absolute atomic E-state index is 13.7. The number of ketones is 2. The third-order valence-corrected chi connectivity index (χ3v) is 5.51. The third kappa shape index (κ3) is 5.54. The van der Waals surface area contributed by atoms with Gasteiger partial charge in [0.05, 0.1) is 5.69 Å². The van der Waals surface area contributed by atoms with E-state index in [9.17, 15) is 9.59 Å². The van der Waals surface area contributed by atoms with Crippen molar-refractivity contribution in [2.75, 3.05) is 5.32 Å². The second kappa shape index (κ2) is 10.5. The van der Waals surface area contributed by atoms with Gasteiger partial charge in [0.2, 0.25) is 5.78 Å². The highest BCUT2D eigenvalue weighted by Crippen LogP contribution is 2.20. The molecule has 0 unspecified atom stereocenters. The molecule has 4 heteroatoms. The summed E-state index contributed by atoms with van der Waals surface area (Å²) in [6, 6.07) is 32.2. The van der Waals surface area contributed by atoms with Crippen LogP contribution in [0.5, 0.6) is 0 Å². The molecular weight excluding hydrogens is 420 g/mol. The molecule has 1 atom stereocenters. The van der Waals surface area contributed by atoms with E-state index >= 15 is 0 Å². The summed E-state index contributed by atoms with van der Waals surface area (Å²) in [5.41, 5.74) is 4.66. The Morgan fingerprint density at radius 3 is 1.71 bits per heavy atom. The summed E-state index contributed by atoms with van der Waals surface area (Å²) < 4.78 is 0. The Bertz CT molecular complexity index is 1290. The van der Waals surface area contributed by atoms with Crippen molar-refractivity contribution in [3.05, 3.63) is 131 Å². The summed E-state index contributed by atoms with van der Waals surface area (Å²) in [4.78, 5) is 32.2. The first-order chi connectivity index (χ1) is 16.5. The van der Waals surface area contributed by atoms with E-state index in [0.29, 0.717) is 16.8 Å². The molecule has 0 aliphatic rings. The largest absolute Gasteiger partial charge is 0.370 e. The molecule has 0 spiro atoms. The molecule has 4 rings (SSSR count). The van der Waals surface area contributed by atoms with Crippen LogP contribution >= 0.6 is 0 Å². The molecule has 0 amide bonds. The van der Waals surface area contributed by atoms with Gasteiger partial charge in [-0.05, 0) is 38.1 Å². The van der Waals surface area contributed by atoms with E-state index < -0.39 is 6.04 Å². The van der Waals surface area contributed by atoms with E-state index in [1.165, 1.54) is 0 Å². The maximum Gasteiger partial charge on any atom is 0.209 e. The molecule has 0 saturated carbocycles. The van der Waals surface area contributed by atoms with Gasteiger partial charge in [-0.15, -0.1) is 0 Å². The lowest BCUT2D eigenvalue weighted by atomic mass is 9.94. The van der Waals surface area contributed by atoms with Gasteiger partial charge in [-0.2, -0.15) is 0 Å². The van der Waals surface area contributed by atoms with Crippen molar-refractivity contribution < 1.29 is 9.59 Å². The number of carbonyl (C=O) groups is 2. The highest BCUT2D eigenvalue weighted by atomic mass is 16.1. The van der Waals surface area contributed by atoms with Gasteiger partial charge in [-0.25, -0.2) is 4.99 Å². The fraction of sp³-hybridized carbons (Fsp3) is 0.100. The molecule has 168 valence electrons. The van der Waals surface area contributed by atoms with Crippen molar-refractivity contribution in [3.63, 3.8) is 0 Å². The Morgan fingerprint density at radius 1 is 0.647 bits per heavy atom. The number of carbonyl (C=O) groups excluding carboxylic acids is 2. The second-order valence-electron chi connectivity index (χ2n) is 8.20. The van der Waals surface area contributed by atoms with Gasteiger partial charge < -0.3 is 5.32 Å². The van der Waals surface area contributed by atoms with E-state index in [0.717, 1.165) is 16.8 Å². The Kier molecular flexibility index (Phi) is 7.09. The summed E-state index contributed by atoms with van der Waals surface area (Å²) in [5.74, 6) is -0.522. The molecule has 0 aromatic heterocycles. The number of aryl methyl sites for hydroxylation is 2. The second-order valence-corrected chi connectivity index (χ2v) is 8.20. The lowest BCUT2D eigenvalue weighted by molar-refractivity contribution is 0.0975. The van der Waals surface area contributed by atoms with Crippen molar-refractivity contribution in [3.8, 4) is 0 Å². The van der Waals surface area contributed by atoms with Gasteiger partial charge in [-0.3, -0.25) is 9.59 Å². The number of rotatable bonds is 8. The number of anilines is 1. The standard InChI is InChI=1S/C30H26N2O2/c1-21-13-17-25(18-14-21)31-27(29(33)23-9-5-3-6-10-23)28(30(34)24-11-7-4-8-12-24)32-26-19-15-22(2)16-20-26/h3-20,27,31H,1-2H3/t27-/m0/s1. The van der Waals surface area contributed by atoms with Gasteiger partial charge in [-0.1, -0.05) is 96.1 Å².